The fraction of sp³-hybridized carbons (Fsp3) is 0.909. The highest BCUT2D eigenvalue weighted by molar-refractivity contribution is 5.75. The number of hydrogen-bond donors (Lipinski definition) is 1. The molecular weight excluding hydrogens is 208 g/mol. The summed E-state index contributed by atoms with van der Waals surface area (Å²) in [6.07, 6.45) is 3.17. The first-order valence-electron chi connectivity index (χ1n) is 5.95. The van der Waals surface area contributed by atoms with Gasteiger partial charge in [-0.05, 0) is 19.3 Å². The Morgan fingerprint density at radius 2 is 2.31 bits per heavy atom. The Labute approximate surface area is 96.1 Å². The van der Waals surface area contributed by atoms with E-state index in [-0.39, 0.29) is 12.1 Å². The number of methoxy groups -OCH3 is 1. The van der Waals surface area contributed by atoms with Crippen molar-refractivity contribution in [1.82, 2.24) is 10.2 Å². The minimum absolute atomic E-state index is 0.0371. The molecule has 2 fully saturated rings. The Bertz CT molecular complexity index is 237. The second-order valence-corrected chi connectivity index (χ2v) is 4.43. The average Bonchev–Trinajstić information content (AvgIpc) is 2.98. The number of rotatable bonds is 5. The van der Waals surface area contributed by atoms with E-state index in [4.69, 9.17) is 9.47 Å². The van der Waals surface area contributed by atoms with Gasteiger partial charge in [0.1, 0.15) is 0 Å². The zero-order valence-electron chi connectivity index (χ0n) is 9.78. The summed E-state index contributed by atoms with van der Waals surface area (Å²) >= 11 is 0. The van der Waals surface area contributed by atoms with Crippen molar-refractivity contribution in [1.29, 1.82) is 0 Å². The predicted octanol–water partition coefficient (Wildman–Crippen LogP) is 0.596. The van der Waals surface area contributed by atoms with Gasteiger partial charge in [-0.2, -0.15) is 0 Å². The van der Waals surface area contributed by atoms with Gasteiger partial charge in [0.05, 0.1) is 19.3 Å². The molecule has 1 aliphatic carbocycles. The summed E-state index contributed by atoms with van der Waals surface area (Å²) in [5.74, 6) is 0. The van der Waals surface area contributed by atoms with E-state index in [1.165, 1.54) is 0 Å². The molecule has 92 valence electrons. The maximum atomic E-state index is 12.0. The van der Waals surface area contributed by atoms with Crippen molar-refractivity contribution in [2.75, 3.05) is 33.5 Å². The lowest BCUT2D eigenvalue weighted by Crippen LogP contribution is -2.47. The molecule has 5 nitrogen and oxygen atoms in total. The van der Waals surface area contributed by atoms with Crippen LogP contribution < -0.4 is 5.32 Å². The zero-order valence-corrected chi connectivity index (χ0v) is 9.78. The lowest BCUT2D eigenvalue weighted by molar-refractivity contribution is 0.142. The van der Waals surface area contributed by atoms with Crippen LogP contribution in [0.15, 0.2) is 0 Å². The molecule has 2 aliphatic rings. The molecule has 2 amide bonds. The first kappa shape index (κ1) is 11.7. The smallest absolute Gasteiger partial charge is 0.318 e. The number of nitrogens with zero attached hydrogens (tertiary/aromatic N) is 1. The third kappa shape index (κ3) is 3.09. The van der Waals surface area contributed by atoms with Gasteiger partial charge in [0.15, 0.2) is 0 Å². The molecule has 1 saturated heterocycles. The summed E-state index contributed by atoms with van der Waals surface area (Å²) in [5, 5.41) is 3.02. The molecule has 1 aliphatic heterocycles. The van der Waals surface area contributed by atoms with Crippen LogP contribution in [0.2, 0.25) is 0 Å². The van der Waals surface area contributed by atoms with Gasteiger partial charge in [-0.25, -0.2) is 4.79 Å². The van der Waals surface area contributed by atoms with Gasteiger partial charge < -0.3 is 19.7 Å². The molecule has 1 unspecified atom stereocenters. The van der Waals surface area contributed by atoms with E-state index in [1.807, 2.05) is 4.90 Å². The van der Waals surface area contributed by atoms with E-state index in [0.717, 1.165) is 25.9 Å². The molecule has 0 spiro atoms. The van der Waals surface area contributed by atoms with Crippen LogP contribution in [0.4, 0.5) is 4.79 Å². The summed E-state index contributed by atoms with van der Waals surface area (Å²) in [6, 6.07) is 0.656. The van der Waals surface area contributed by atoms with Crippen molar-refractivity contribution in [3.8, 4) is 0 Å². The SMILES string of the molecule is COCCN(C(=O)NC1CCOC1)C1CC1. The highest BCUT2D eigenvalue weighted by atomic mass is 16.5. The number of urea groups is 1. The first-order chi connectivity index (χ1) is 7.81. The molecule has 0 aromatic carbocycles. The molecule has 0 aromatic heterocycles. The molecular formula is C11H20N2O3. The number of nitrogens with one attached hydrogen (secondary N) is 1. The van der Waals surface area contributed by atoms with Crippen molar-refractivity contribution >= 4 is 6.03 Å². The second kappa shape index (κ2) is 5.50. The predicted molar refractivity (Wildman–Crippen MR) is 59.4 cm³/mol. The Hall–Kier alpha value is -0.810. The van der Waals surface area contributed by atoms with Crippen molar-refractivity contribution < 1.29 is 14.3 Å². The van der Waals surface area contributed by atoms with E-state index in [1.54, 1.807) is 7.11 Å². The van der Waals surface area contributed by atoms with Crippen molar-refractivity contribution in [2.24, 2.45) is 0 Å². The second-order valence-electron chi connectivity index (χ2n) is 4.43. The number of ether oxygens (including phenoxy) is 2. The lowest BCUT2D eigenvalue weighted by Gasteiger charge is -2.24. The largest absolute Gasteiger partial charge is 0.383 e. The van der Waals surface area contributed by atoms with Crippen LogP contribution in [0.25, 0.3) is 0 Å². The van der Waals surface area contributed by atoms with Gasteiger partial charge in [0, 0.05) is 26.3 Å². The summed E-state index contributed by atoms with van der Waals surface area (Å²) in [7, 11) is 1.66. The normalized spacial score (nSPS) is 24.4. The van der Waals surface area contributed by atoms with Crippen LogP contribution in [0, 0.1) is 0 Å². The van der Waals surface area contributed by atoms with Gasteiger partial charge in [0.2, 0.25) is 0 Å². The van der Waals surface area contributed by atoms with E-state index >= 15 is 0 Å². The number of carbonyl (C=O) groups excluding carboxylic acids is 1. The molecule has 0 radical (unpaired) electrons. The molecule has 5 heteroatoms. The van der Waals surface area contributed by atoms with E-state index in [9.17, 15) is 4.79 Å². The molecule has 0 aromatic rings. The highest BCUT2D eigenvalue weighted by Gasteiger charge is 2.33. The van der Waals surface area contributed by atoms with Gasteiger partial charge in [0.25, 0.3) is 0 Å². The summed E-state index contributed by atoms with van der Waals surface area (Å²) < 4.78 is 10.3. The van der Waals surface area contributed by atoms with Crippen LogP contribution >= 0.6 is 0 Å². The Morgan fingerprint density at radius 3 is 2.88 bits per heavy atom. The van der Waals surface area contributed by atoms with Gasteiger partial charge in [-0.15, -0.1) is 0 Å². The molecule has 0 bridgehead atoms. The maximum absolute atomic E-state index is 12.0. The molecule has 1 atom stereocenters. The van der Waals surface area contributed by atoms with Gasteiger partial charge in [-0.3, -0.25) is 0 Å². The standard InChI is InChI=1S/C11H20N2O3/c1-15-7-5-13(10-2-3-10)11(14)12-9-4-6-16-8-9/h9-10H,2-8H2,1H3,(H,12,14). The minimum atomic E-state index is 0.0371. The topological polar surface area (TPSA) is 50.8 Å². The van der Waals surface area contributed by atoms with Crippen molar-refractivity contribution in [2.45, 2.75) is 31.3 Å². The molecule has 16 heavy (non-hydrogen) atoms. The fourth-order valence-electron chi connectivity index (χ4n) is 1.93. The minimum Gasteiger partial charge on any atom is -0.383 e. The van der Waals surface area contributed by atoms with E-state index in [0.29, 0.717) is 25.8 Å². The van der Waals surface area contributed by atoms with Crippen LogP contribution in [-0.2, 0) is 9.47 Å². The first-order valence-corrected chi connectivity index (χ1v) is 5.95. The van der Waals surface area contributed by atoms with Crippen LogP contribution in [0.1, 0.15) is 19.3 Å². The number of carbonyl (C=O) groups is 1. The quantitative estimate of drug-likeness (QED) is 0.749. The van der Waals surface area contributed by atoms with E-state index < -0.39 is 0 Å². The zero-order chi connectivity index (χ0) is 11.4. The monoisotopic (exact) mass is 228 g/mol. The maximum Gasteiger partial charge on any atom is 0.318 e. The third-order valence-corrected chi connectivity index (χ3v) is 3.04. The van der Waals surface area contributed by atoms with Crippen LogP contribution in [-0.4, -0.2) is 56.5 Å². The molecule has 1 saturated carbocycles. The summed E-state index contributed by atoms with van der Waals surface area (Å²) in [5.41, 5.74) is 0. The van der Waals surface area contributed by atoms with Crippen molar-refractivity contribution in [3.63, 3.8) is 0 Å². The average molecular weight is 228 g/mol. The summed E-state index contributed by atoms with van der Waals surface area (Å²) in [4.78, 5) is 13.9. The Morgan fingerprint density at radius 1 is 1.50 bits per heavy atom. The molecule has 2 rings (SSSR count). The highest BCUT2D eigenvalue weighted by Crippen LogP contribution is 2.26. The van der Waals surface area contributed by atoms with Crippen LogP contribution in [0.3, 0.4) is 0 Å². The van der Waals surface area contributed by atoms with Crippen LogP contribution in [0.5, 0.6) is 0 Å². The Kier molecular flexibility index (Phi) is 4.01. The molecule has 1 heterocycles. The lowest BCUT2D eigenvalue weighted by atomic mass is 10.3. The fourth-order valence-corrected chi connectivity index (χ4v) is 1.93. The Balaban J connectivity index is 1.78. The summed E-state index contributed by atoms with van der Waals surface area (Å²) in [6.45, 7) is 2.69. The third-order valence-electron chi connectivity index (χ3n) is 3.04. The molecule has 1 N–H and O–H groups in total. The van der Waals surface area contributed by atoms with E-state index in [2.05, 4.69) is 5.32 Å². The number of hydrogen-bond acceptors (Lipinski definition) is 3. The van der Waals surface area contributed by atoms with Crippen molar-refractivity contribution in [3.05, 3.63) is 0 Å². The number of amides is 2. The van der Waals surface area contributed by atoms with Gasteiger partial charge >= 0.3 is 6.03 Å². The van der Waals surface area contributed by atoms with Gasteiger partial charge in [-0.1, -0.05) is 0 Å².